The highest BCUT2D eigenvalue weighted by Gasteiger charge is 2.14. The number of unbranched alkanes of at least 4 members (excludes halogenated alkanes) is 4. The van der Waals surface area contributed by atoms with Crippen molar-refractivity contribution in [2.24, 2.45) is 0 Å². The molecule has 1 amide bonds. The Labute approximate surface area is 176 Å². The third kappa shape index (κ3) is 6.61. The Kier molecular flexibility index (Phi) is 8.94. The van der Waals surface area contributed by atoms with Crippen molar-refractivity contribution in [1.29, 1.82) is 0 Å². The second kappa shape index (κ2) is 11.2. The van der Waals surface area contributed by atoms with E-state index in [9.17, 15) is 9.90 Å². The maximum atomic E-state index is 12.1. The van der Waals surface area contributed by atoms with Crippen LogP contribution >= 0.6 is 23.2 Å². The minimum Gasteiger partial charge on any atom is -0.504 e. The van der Waals surface area contributed by atoms with E-state index < -0.39 is 5.91 Å². The van der Waals surface area contributed by atoms with Gasteiger partial charge in [0, 0.05) is 5.02 Å². The zero-order valence-electron chi connectivity index (χ0n) is 16.4. The van der Waals surface area contributed by atoms with Gasteiger partial charge < -0.3 is 15.2 Å². The zero-order valence-corrected chi connectivity index (χ0v) is 17.9. The molecule has 2 rings (SSSR count). The summed E-state index contributed by atoms with van der Waals surface area (Å²) in [7, 11) is 0. The van der Waals surface area contributed by atoms with Crippen LogP contribution in [-0.4, -0.2) is 17.6 Å². The fourth-order valence-electron chi connectivity index (χ4n) is 2.82. The average Bonchev–Trinajstić information content (AvgIpc) is 2.69. The van der Waals surface area contributed by atoms with Crippen molar-refractivity contribution in [2.45, 2.75) is 52.4 Å². The molecule has 0 saturated heterocycles. The molecular formula is C22H27Cl2NO3. The van der Waals surface area contributed by atoms with Crippen LogP contribution in [0.5, 0.6) is 11.5 Å². The number of rotatable bonds is 10. The number of anilines is 1. The van der Waals surface area contributed by atoms with Gasteiger partial charge in [0.05, 0.1) is 10.7 Å². The zero-order chi connectivity index (χ0) is 20.5. The van der Waals surface area contributed by atoms with Crippen LogP contribution in [0.1, 0.15) is 50.2 Å². The first-order valence-corrected chi connectivity index (χ1v) is 10.4. The van der Waals surface area contributed by atoms with Gasteiger partial charge in [-0.25, -0.2) is 0 Å². The number of nitrogens with one attached hydrogen (secondary N) is 1. The highest BCUT2D eigenvalue weighted by atomic mass is 35.5. The Bertz CT molecular complexity index is 791. The molecule has 0 unspecified atom stereocenters. The Morgan fingerprint density at radius 1 is 1.11 bits per heavy atom. The maximum absolute atomic E-state index is 12.1. The molecule has 0 spiro atoms. The van der Waals surface area contributed by atoms with E-state index >= 15 is 0 Å². The molecule has 0 atom stereocenters. The molecule has 0 bridgehead atoms. The van der Waals surface area contributed by atoms with Crippen molar-refractivity contribution in [1.82, 2.24) is 0 Å². The lowest BCUT2D eigenvalue weighted by molar-refractivity contribution is -0.118. The summed E-state index contributed by atoms with van der Waals surface area (Å²) < 4.78 is 5.52. The summed E-state index contributed by atoms with van der Waals surface area (Å²) in [4.78, 5) is 12.1. The van der Waals surface area contributed by atoms with E-state index in [1.165, 1.54) is 43.7 Å². The quantitative estimate of drug-likeness (QED) is 0.336. The summed E-state index contributed by atoms with van der Waals surface area (Å²) in [5, 5.41) is 13.1. The second-order valence-electron chi connectivity index (χ2n) is 6.84. The van der Waals surface area contributed by atoms with Crippen LogP contribution in [0.15, 0.2) is 30.3 Å². The molecule has 0 aliphatic heterocycles. The summed E-state index contributed by atoms with van der Waals surface area (Å²) in [5.41, 5.74) is 1.98. The fourth-order valence-corrected chi connectivity index (χ4v) is 3.28. The SMILES string of the molecule is CCCCCCCc1ccc(OCC(=O)Nc2cc(Cl)c(C)c(Cl)c2O)cc1. The van der Waals surface area contributed by atoms with Crippen LogP contribution in [-0.2, 0) is 11.2 Å². The van der Waals surface area contributed by atoms with E-state index in [1.807, 2.05) is 24.3 Å². The van der Waals surface area contributed by atoms with Crippen LogP contribution in [0, 0.1) is 6.92 Å². The second-order valence-corrected chi connectivity index (χ2v) is 7.62. The summed E-state index contributed by atoms with van der Waals surface area (Å²) in [6, 6.07) is 9.25. The number of aryl methyl sites for hydroxylation is 1. The van der Waals surface area contributed by atoms with Gasteiger partial charge in [0.1, 0.15) is 5.75 Å². The smallest absolute Gasteiger partial charge is 0.262 e. The number of hydrogen-bond donors (Lipinski definition) is 2. The number of carbonyl (C=O) groups excluding carboxylic acids is 1. The van der Waals surface area contributed by atoms with Gasteiger partial charge in [0.2, 0.25) is 0 Å². The van der Waals surface area contributed by atoms with Crippen LogP contribution in [0.4, 0.5) is 5.69 Å². The van der Waals surface area contributed by atoms with Gasteiger partial charge >= 0.3 is 0 Å². The molecule has 2 aromatic rings. The lowest BCUT2D eigenvalue weighted by atomic mass is 10.1. The first-order valence-electron chi connectivity index (χ1n) is 9.61. The number of carbonyl (C=O) groups is 1. The molecule has 0 heterocycles. The summed E-state index contributed by atoms with van der Waals surface area (Å²) in [6.45, 7) is 3.72. The first-order chi connectivity index (χ1) is 13.4. The van der Waals surface area contributed by atoms with E-state index in [0.717, 1.165) is 6.42 Å². The molecule has 4 nitrogen and oxygen atoms in total. The maximum Gasteiger partial charge on any atom is 0.262 e. The third-order valence-corrected chi connectivity index (χ3v) is 5.41. The molecule has 0 aliphatic carbocycles. The largest absolute Gasteiger partial charge is 0.504 e. The number of phenols is 1. The number of benzene rings is 2. The van der Waals surface area contributed by atoms with E-state index in [4.69, 9.17) is 27.9 Å². The standard InChI is InChI=1S/C22H27Cl2NO3/c1-3-4-5-6-7-8-16-9-11-17(12-10-16)28-14-20(26)25-19-13-18(23)15(2)21(24)22(19)27/h9-13,27H,3-8,14H2,1-2H3,(H,25,26). The lowest BCUT2D eigenvalue weighted by Crippen LogP contribution is -2.20. The van der Waals surface area contributed by atoms with Gasteiger partial charge in [-0.05, 0) is 49.1 Å². The van der Waals surface area contributed by atoms with Crippen LogP contribution in [0.2, 0.25) is 10.0 Å². The molecule has 6 heteroatoms. The molecule has 0 aliphatic rings. The fraction of sp³-hybridized carbons (Fsp3) is 0.409. The Morgan fingerprint density at radius 3 is 2.46 bits per heavy atom. The Balaban J connectivity index is 1.81. The summed E-state index contributed by atoms with van der Waals surface area (Å²) in [6.07, 6.45) is 7.34. The van der Waals surface area contributed by atoms with Gasteiger partial charge in [-0.2, -0.15) is 0 Å². The van der Waals surface area contributed by atoms with Gasteiger partial charge in [-0.3, -0.25) is 4.79 Å². The first kappa shape index (κ1) is 22.4. The number of aromatic hydroxyl groups is 1. The minimum atomic E-state index is -0.411. The Morgan fingerprint density at radius 2 is 1.79 bits per heavy atom. The molecule has 152 valence electrons. The lowest BCUT2D eigenvalue weighted by Gasteiger charge is -2.12. The molecule has 2 N–H and O–H groups in total. The molecule has 28 heavy (non-hydrogen) atoms. The van der Waals surface area contributed by atoms with Gasteiger partial charge in [-0.1, -0.05) is 67.9 Å². The molecule has 0 radical (unpaired) electrons. The summed E-state index contributed by atoms with van der Waals surface area (Å²) in [5.74, 6) is 0.000527. The topological polar surface area (TPSA) is 58.6 Å². The molecule has 0 aromatic heterocycles. The monoisotopic (exact) mass is 423 g/mol. The van der Waals surface area contributed by atoms with Crippen molar-refractivity contribution in [3.8, 4) is 11.5 Å². The van der Waals surface area contributed by atoms with Crippen LogP contribution in [0.25, 0.3) is 0 Å². The predicted molar refractivity (Wildman–Crippen MR) is 116 cm³/mol. The summed E-state index contributed by atoms with van der Waals surface area (Å²) >= 11 is 12.0. The van der Waals surface area contributed by atoms with Gasteiger partial charge in [0.25, 0.3) is 5.91 Å². The molecule has 0 fully saturated rings. The van der Waals surface area contributed by atoms with E-state index in [1.54, 1.807) is 6.92 Å². The van der Waals surface area contributed by atoms with E-state index in [-0.39, 0.29) is 23.1 Å². The van der Waals surface area contributed by atoms with Crippen molar-refractivity contribution in [3.63, 3.8) is 0 Å². The van der Waals surface area contributed by atoms with Crippen molar-refractivity contribution in [3.05, 3.63) is 51.5 Å². The number of amides is 1. The number of halogens is 2. The highest BCUT2D eigenvalue weighted by molar-refractivity contribution is 6.37. The van der Waals surface area contributed by atoms with Crippen molar-refractivity contribution >= 4 is 34.8 Å². The highest BCUT2D eigenvalue weighted by Crippen LogP contribution is 2.38. The van der Waals surface area contributed by atoms with E-state index in [0.29, 0.717) is 16.3 Å². The molecular weight excluding hydrogens is 397 g/mol. The van der Waals surface area contributed by atoms with Gasteiger partial charge in [-0.15, -0.1) is 0 Å². The van der Waals surface area contributed by atoms with Crippen LogP contribution < -0.4 is 10.1 Å². The van der Waals surface area contributed by atoms with E-state index in [2.05, 4.69) is 12.2 Å². The number of ether oxygens (including phenoxy) is 1. The molecule has 0 saturated carbocycles. The predicted octanol–water partition coefficient (Wildman–Crippen LogP) is 6.54. The third-order valence-electron chi connectivity index (χ3n) is 4.56. The Hall–Kier alpha value is -1.91. The van der Waals surface area contributed by atoms with Crippen molar-refractivity contribution < 1.29 is 14.6 Å². The normalized spacial score (nSPS) is 10.7. The number of phenolic OH excluding ortho intramolecular Hbond substituents is 1. The number of hydrogen-bond acceptors (Lipinski definition) is 3. The van der Waals surface area contributed by atoms with Crippen LogP contribution in [0.3, 0.4) is 0 Å². The average molecular weight is 424 g/mol. The minimum absolute atomic E-state index is 0.119. The van der Waals surface area contributed by atoms with Crippen molar-refractivity contribution in [2.75, 3.05) is 11.9 Å². The molecule has 2 aromatic carbocycles. The van der Waals surface area contributed by atoms with Gasteiger partial charge in [0.15, 0.2) is 12.4 Å².